The van der Waals surface area contributed by atoms with Gasteiger partial charge in [-0.1, -0.05) is 30.3 Å². The van der Waals surface area contributed by atoms with E-state index in [2.05, 4.69) is 15.7 Å². The lowest BCUT2D eigenvalue weighted by Crippen LogP contribution is -2.48. The highest BCUT2D eigenvalue weighted by Gasteiger charge is 2.17. The summed E-state index contributed by atoms with van der Waals surface area (Å²) in [6.45, 7) is 3.13. The van der Waals surface area contributed by atoms with Crippen LogP contribution in [0, 0.1) is 0 Å². The molecule has 1 fully saturated rings. The Balaban J connectivity index is 1.73. The molecule has 3 rings (SSSR count). The molecule has 1 saturated heterocycles. The normalized spacial score (nSPS) is 15.0. The predicted molar refractivity (Wildman–Crippen MR) is 82.1 cm³/mol. The van der Waals surface area contributed by atoms with E-state index in [1.807, 2.05) is 43.4 Å². The molecule has 0 atom stereocenters. The van der Waals surface area contributed by atoms with Crippen LogP contribution in [0.2, 0.25) is 0 Å². The summed E-state index contributed by atoms with van der Waals surface area (Å²) < 4.78 is 1.78. The Labute approximate surface area is 123 Å². The summed E-state index contributed by atoms with van der Waals surface area (Å²) in [7, 11) is 1.88. The highest BCUT2D eigenvalue weighted by Crippen LogP contribution is 2.21. The highest BCUT2D eigenvalue weighted by molar-refractivity contribution is 5.89. The number of aromatic nitrogens is 2. The Morgan fingerprint density at radius 3 is 2.67 bits per heavy atom. The van der Waals surface area contributed by atoms with E-state index in [0.717, 1.165) is 37.4 Å². The monoisotopic (exact) mass is 285 g/mol. The molecule has 1 aliphatic heterocycles. The third-order valence-electron chi connectivity index (χ3n) is 3.59. The molecule has 6 heteroatoms. The van der Waals surface area contributed by atoms with Gasteiger partial charge in [-0.3, -0.25) is 10.00 Å². The van der Waals surface area contributed by atoms with Gasteiger partial charge in [0.1, 0.15) is 0 Å². The fourth-order valence-corrected chi connectivity index (χ4v) is 2.46. The number of amides is 2. The molecule has 2 N–H and O–H groups in total. The number of nitrogens with one attached hydrogen (secondary N) is 2. The topological polar surface area (TPSA) is 62.2 Å². The number of carbonyl (C=O) groups excluding carboxylic acids is 1. The van der Waals surface area contributed by atoms with Crippen LogP contribution in [0.15, 0.2) is 36.4 Å². The second kappa shape index (κ2) is 5.97. The average molecular weight is 285 g/mol. The van der Waals surface area contributed by atoms with Gasteiger partial charge in [0.25, 0.3) is 0 Å². The smallest absolute Gasteiger partial charge is 0.322 e. The summed E-state index contributed by atoms with van der Waals surface area (Å²) in [5.41, 5.74) is 2.06. The van der Waals surface area contributed by atoms with E-state index in [9.17, 15) is 4.79 Å². The van der Waals surface area contributed by atoms with E-state index in [1.165, 1.54) is 0 Å². The minimum absolute atomic E-state index is 0.0887. The van der Waals surface area contributed by atoms with Gasteiger partial charge in [0, 0.05) is 39.3 Å². The minimum atomic E-state index is -0.0887. The second-order valence-electron chi connectivity index (χ2n) is 5.07. The van der Waals surface area contributed by atoms with Gasteiger partial charge in [-0.15, -0.1) is 0 Å². The van der Waals surface area contributed by atoms with Crippen LogP contribution >= 0.6 is 0 Å². The Morgan fingerprint density at radius 1 is 1.24 bits per heavy atom. The summed E-state index contributed by atoms with van der Waals surface area (Å²) in [5, 5.41) is 10.5. The Kier molecular flexibility index (Phi) is 3.87. The van der Waals surface area contributed by atoms with Crippen LogP contribution in [-0.2, 0) is 7.05 Å². The van der Waals surface area contributed by atoms with Crippen LogP contribution in [0.4, 0.5) is 10.6 Å². The molecule has 0 spiro atoms. The molecule has 21 heavy (non-hydrogen) atoms. The lowest BCUT2D eigenvalue weighted by molar-refractivity contribution is 0.204. The number of nitrogens with zero attached hydrogens (tertiary/aromatic N) is 3. The van der Waals surface area contributed by atoms with Crippen molar-refractivity contribution in [3.8, 4) is 11.3 Å². The SMILES string of the molecule is Cn1nc(NC(=O)N2CCNCC2)cc1-c1ccccc1. The zero-order chi connectivity index (χ0) is 14.7. The largest absolute Gasteiger partial charge is 0.323 e. The molecular formula is C15H19N5O. The van der Waals surface area contributed by atoms with E-state index in [0.29, 0.717) is 5.82 Å². The maximum atomic E-state index is 12.2. The first-order valence-corrected chi connectivity index (χ1v) is 7.10. The summed E-state index contributed by atoms with van der Waals surface area (Å²) in [5.74, 6) is 0.583. The zero-order valence-corrected chi connectivity index (χ0v) is 12.0. The number of urea groups is 1. The van der Waals surface area contributed by atoms with Gasteiger partial charge in [0.05, 0.1) is 5.69 Å². The molecule has 0 unspecified atom stereocenters. The van der Waals surface area contributed by atoms with Crippen molar-refractivity contribution in [3.05, 3.63) is 36.4 Å². The van der Waals surface area contributed by atoms with Gasteiger partial charge in [-0.2, -0.15) is 5.10 Å². The van der Waals surface area contributed by atoms with Gasteiger partial charge >= 0.3 is 6.03 Å². The number of anilines is 1. The Hall–Kier alpha value is -2.34. The second-order valence-corrected chi connectivity index (χ2v) is 5.07. The van der Waals surface area contributed by atoms with Crippen molar-refractivity contribution in [2.24, 2.45) is 7.05 Å². The minimum Gasteiger partial charge on any atom is -0.322 e. The lowest BCUT2D eigenvalue weighted by atomic mass is 10.1. The standard InChI is InChI=1S/C15H19N5O/c1-19-13(12-5-3-2-4-6-12)11-14(18-19)17-15(21)20-9-7-16-8-10-20/h2-6,11,16H,7-10H2,1H3,(H,17,18,21). The van der Waals surface area contributed by atoms with Gasteiger partial charge in [-0.05, 0) is 5.56 Å². The first kappa shape index (κ1) is 13.6. The highest BCUT2D eigenvalue weighted by atomic mass is 16.2. The maximum Gasteiger partial charge on any atom is 0.323 e. The number of carbonyl (C=O) groups is 1. The van der Waals surface area contributed by atoms with Crippen LogP contribution in [0.1, 0.15) is 0 Å². The molecule has 2 heterocycles. The molecule has 2 aromatic rings. The number of benzene rings is 1. The molecule has 0 radical (unpaired) electrons. The average Bonchev–Trinajstić information content (AvgIpc) is 2.89. The van der Waals surface area contributed by atoms with Crippen LogP contribution in [0.25, 0.3) is 11.3 Å². The van der Waals surface area contributed by atoms with Crippen molar-refractivity contribution in [2.45, 2.75) is 0 Å². The van der Waals surface area contributed by atoms with Gasteiger partial charge in [0.2, 0.25) is 0 Å². The van der Waals surface area contributed by atoms with E-state index in [-0.39, 0.29) is 6.03 Å². The van der Waals surface area contributed by atoms with Gasteiger partial charge in [0.15, 0.2) is 5.82 Å². The van der Waals surface area contributed by atoms with Gasteiger partial charge in [-0.25, -0.2) is 4.79 Å². The van der Waals surface area contributed by atoms with Crippen molar-refractivity contribution < 1.29 is 4.79 Å². The summed E-state index contributed by atoms with van der Waals surface area (Å²) in [6, 6.07) is 11.8. The first-order valence-electron chi connectivity index (χ1n) is 7.10. The molecule has 0 aliphatic carbocycles. The lowest BCUT2D eigenvalue weighted by Gasteiger charge is -2.27. The fraction of sp³-hybridized carbons (Fsp3) is 0.333. The van der Waals surface area contributed by atoms with Crippen LogP contribution in [0.5, 0.6) is 0 Å². The predicted octanol–water partition coefficient (Wildman–Crippen LogP) is 1.52. The molecule has 2 amide bonds. The quantitative estimate of drug-likeness (QED) is 0.879. The number of hydrogen-bond donors (Lipinski definition) is 2. The summed E-state index contributed by atoms with van der Waals surface area (Å²) in [4.78, 5) is 14.0. The number of aryl methyl sites for hydroxylation is 1. The van der Waals surface area contributed by atoms with Crippen LogP contribution in [0.3, 0.4) is 0 Å². The Bertz CT molecular complexity index is 616. The molecule has 1 aromatic heterocycles. The molecule has 1 aliphatic rings. The third kappa shape index (κ3) is 3.05. The van der Waals surface area contributed by atoms with Crippen LogP contribution < -0.4 is 10.6 Å². The van der Waals surface area contributed by atoms with E-state index < -0.39 is 0 Å². The number of piperazine rings is 1. The number of hydrogen-bond acceptors (Lipinski definition) is 3. The number of rotatable bonds is 2. The van der Waals surface area contributed by atoms with E-state index in [1.54, 1.807) is 9.58 Å². The van der Waals surface area contributed by atoms with Crippen molar-refractivity contribution in [1.82, 2.24) is 20.0 Å². The third-order valence-corrected chi connectivity index (χ3v) is 3.59. The summed E-state index contributed by atoms with van der Waals surface area (Å²) in [6.07, 6.45) is 0. The van der Waals surface area contributed by atoms with E-state index >= 15 is 0 Å². The van der Waals surface area contributed by atoms with Crippen molar-refractivity contribution in [1.29, 1.82) is 0 Å². The van der Waals surface area contributed by atoms with Crippen molar-refractivity contribution >= 4 is 11.8 Å². The fourth-order valence-electron chi connectivity index (χ4n) is 2.46. The van der Waals surface area contributed by atoms with Crippen LogP contribution in [-0.4, -0.2) is 46.9 Å². The van der Waals surface area contributed by atoms with Gasteiger partial charge < -0.3 is 10.2 Å². The molecule has 0 saturated carbocycles. The maximum absolute atomic E-state index is 12.2. The summed E-state index contributed by atoms with van der Waals surface area (Å²) >= 11 is 0. The molecule has 6 nitrogen and oxygen atoms in total. The van der Waals surface area contributed by atoms with Crippen molar-refractivity contribution in [2.75, 3.05) is 31.5 Å². The molecule has 1 aromatic carbocycles. The van der Waals surface area contributed by atoms with Crippen molar-refractivity contribution in [3.63, 3.8) is 0 Å². The molecule has 0 bridgehead atoms. The Morgan fingerprint density at radius 2 is 1.95 bits per heavy atom. The van der Waals surface area contributed by atoms with E-state index in [4.69, 9.17) is 0 Å². The molecular weight excluding hydrogens is 266 g/mol. The first-order chi connectivity index (χ1) is 10.2. The zero-order valence-electron chi connectivity index (χ0n) is 12.0. The molecule has 110 valence electrons.